The molecule has 1 rings (SSSR count). The maximum absolute atomic E-state index is 5.31. The molecule has 0 aromatic carbocycles. The van der Waals surface area contributed by atoms with Crippen LogP contribution in [0.15, 0.2) is 0 Å². The van der Waals surface area contributed by atoms with E-state index in [1.807, 2.05) is 0 Å². The minimum absolute atomic E-state index is 0.452. The van der Waals surface area contributed by atoms with Gasteiger partial charge in [-0.25, -0.2) is 0 Å². The normalized spacial score (nSPS) is 20.0. The first-order valence-electron chi connectivity index (χ1n) is 6.16. The van der Waals surface area contributed by atoms with Crippen molar-refractivity contribution in [3.63, 3.8) is 0 Å². The van der Waals surface area contributed by atoms with E-state index in [9.17, 15) is 0 Å². The van der Waals surface area contributed by atoms with Crippen molar-refractivity contribution in [2.75, 3.05) is 0 Å². The molecule has 1 aliphatic carbocycles. The van der Waals surface area contributed by atoms with Crippen molar-refractivity contribution in [3.05, 3.63) is 0 Å². The van der Waals surface area contributed by atoms with E-state index in [-0.39, 0.29) is 0 Å². The first-order valence-corrected chi connectivity index (χ1v) is 6.57. The summed E-state index contributed by atoms with van der Waals surface area (Å²) in [6.45, 7) is 6.60. The van der Waals surface area contributed by atoms with Gasteiger partial charge in [0, 0.05) is 12.1 Å². The third kappa shape index (κ3) is 4.83. The van der Waals surface area contributed by atoms with Gasteiger partial charge in [0.2, 0.25) is 0 Å². The van der Waals surface area contributed by atoms with Crippen molar-refractivity contribution in [2.45, 2.75) is 65.0 Å². The van der Waals surface area contributed by atoms with Crippen LogP contribution in [0.4, 0.5) is 0 Å². The summed E-state index contributed by atoms with van der Waals surface area (Å²) in [6.07, 6.45) is 6.64. The Labute approximate surface area is 99.2 Å². The Balaban J connectivity index is 2.22. The van der Waals surface area contributed by atoms with Crippen LogP contribution in [0, 0.1) is 5.92 Å². The largest absolute Gasteiger partial charge is 0.360 e. The quantitative estimate of drug-likeness (QED) is 0.726. The lowest BCUT2D eigenvalue weighted by molar-refractivity contribution is 0.406. The van der Waals surface area contributed by atoms with E-state index in [0.29, 0.717) is 18.0 Å². The lowest BCUT2D eigenvalue weighted by Crippen LogP contribution is -2.47. The Morgan fingerprint density at radius 2 is 1.73 bits per heavy atom. The maximum atomic E-state index is 5.31. The van der Waals surface area contributed by atoms with E-state index in [4.69, 9.17) is 12.2 Å². The smallest absolute Gasteiger partial charge is 0.166 e. The van der Waals surface area contributed by atoms with Gasteiger partial charge in [0.05, 0.1) is 0 Å². The van der Waals surface area contributed by atoms with Crippen molar-refractivity contribution in [1.29, 1.82) is 0 Å². The molecule has 0 heterocycles. The van der Waals surface area contributed by atoms with Crippen LogP contribution in [-0.4, -0.2) is 17.2 Å². The first kappa shape index (κ1) is 12.8. The second-order valence-electron chi connectivity index (χ2n) is 4.99. The molecule has 88 valence electrons. The van der Waals surface area contributed by atoms with Crippen LogP contribution >= 0.6 is 12.2 Å². The van der Waals surface area contributed by atoms with Crippen LogP contribution in [0.25, 0.3) is 0 Å². The Morgan fingerprint density at radius 3 is 2.27 bits per heavy atom. The third-order valence-corrected chi connectivity index (χ3v) is 3.53. The monoisotopic (exact) mass is 228 g/mol. The summed E-state index contributed by atoms with van der Waals surface area (Å²) in [5.41, 5.74) is 0. The fourth-order valence-electron chi connectivity index (χ4n) is 1.85. The molecule has 0 saturated heterocycles. The Bertz CT molecular complexity index is 198. The average molecular weight is 228 g/mol. The molecule has 0 bridgehead atoms. The summed E-state index contributed by atoms with van der Waals surface area (Å²) in [6, 6.07) is 1.06. The maximum Gasteiger partial charge on any atom is 0.166 e. The predicted molar refractivity (Wildman–Crippen MR) is 70.0 cm³/mol. The molecule has 15 heavy (non-hydrogen) atoms. The van der Waals surface area contributed by atoms with Crippen molar-refractivity contribution in [3.8, 4) is 0 Å². The molecule has 0 spiro atoms. The molecule has 3 heteroatoms. The summed E-state index contributed by atoms with van der Waals surface area (Å²) < 4.78 is 0. The van der Waals surface area contributed by atoms with Crippen molar-refractivity contribution < 1.29 is 0 Å². The van der Waals surface area contributed by atoms with Crippen LogP contribution in [0.3, 0.4) is 0 Å². The highest BCUT2D eigenvalue weighted by Crippen LogP contribution is 2.17. The topological polar surface area (TPSA) is 24.1 Å². The van der Waals surface area contributed by atoms with E-state index < -0.39 is 0 Å². The Kier molecular flexibility index (Phi) is 5.37. The van der Waals surface area contributed by atoms with Gasteiger partial charge in [0.25, 0.3) is 0 Å². The van der Waals surface area contributed by atoms with Gasteiger partial charge >= 0.3 is 0 Å². The summed E-state index contributed by atoms with van der Waals surface area (Å²) >= 11 is 5.31. The summed E-state index contributed by atoms with van der Waals surface area (Å²) in [4.78, 5) is 0. The van der Waals surface area contributed by atoms with Crippen molar-refractivity contribution >= 4 is 17.3 Å². The van der Waals surface area contributed by atoms with E-state index in [2.05, 4.69) is 31.4 Å². The fraction of sp³-hybridized carbons (Fsp3) is 0.917. The molecule has 2 N–H and O–H groups in total. The highest BCUT2D eigenvalue weighted by Gasteiger charge is 2.15. The van der Waals surface area contributed by atoms with Crippen LogP contribution < -0.4 is 10.6 Å². The van der Waals surface area contributed by atoms with Gasteiger partial charge in [0.15, 0.2) is 5.11 Å². The van der Waals surface area contributed by atoms with Crippen LogP contribution in [-0.2, 0) is 0 Å². The summed E-state index contributed by atoms with van der Waals surface area (Å²) in [5, 5.41) is 7.61. The molecule has 0 radical (unpaired) electrons. The molecule has 0 aromatic rings. The van der Waals surface area contributed by atoms with E-state index in [0.717, 1.165) is 5.11 Å². The molecule has 2 nitrogen and oxygen atoms in total. The lowest BCUT2D eigenvalue weighted by Gasteiger charge is -2.26. The average Bonchev–Trinajstić information content (AvgIpc) is 2.18. The molecule has 0 amide bonds. The van der Waals surface area contributed by atoms with Gasteiger partial charge in [-0.05, 0) is 37.9 Å². The van der Waals surface area contributed by atoms with Crippen molar-refractivity contribution in [1.82, 2.24) is 10.6 Å². The number of rotatable bonds is 3. The van der Waals surface area contributed by atoms with Gasteiger partial charge in [-0.3, -0.25) is 0 Å². The molecular formula is C12H24N2S. The Hall–Kier alpha value is -0.310. The van der Waals surface area contributed by atoms with Gasteiger partial charge < -0.3 is 10.6 Å². The Morgan fingerprint density at radius 1 is 1.13 bits per heavy atom. The first-order chi connectivity index (χ1) is 7.09. The zero-order chi connectivity index (χ0) is 11.3. The van der Waals surface area contributed by atoms with E-state index in [1.165, 1.54) is 32.1 Å². The van der Waals surface area contributed by atoms with Gasteiger partial charge in [-0.2, -0.15) is 0 Å². The summed E-state index contributed by atoms with van der Waals surface area (Å²) in [7, 11) is 0. The zero-order valence-electron chi connectivity index (χ0n) is 10.2. The SMILES string of the molecule is CC(C)C(C)NC(=S)NC1CCCCC1. The molecule has 0 aromatic heterocycles. The highest BCUT2D eigenvalue weighted by atomic mass is 32.1. The van der Waals surface area contributed by atoms with Gasteiger partial charge in [-0.15, -0.1) is 0 Å². The summed E-state index contributed by atoms with van der Waals surface area (Å²) in [5.74, 6) is 0.621. The molecule has 1 fully saturated rings. The molecular weight excluding hydrogens is 204 g/mol. The third-order valence-electron chi connectivity index (χ3n) is 3.30. The van der Waals surface area contributed by atoms with Crippen LogP contribution in [0.1, 0.15) is 52.9 Å². The zero-order valence-corrected chi connectivity index (χ0v) is 11.0. The van der Waals surface area contributed by atoms with E-state index in [1.54, 1.807) is 0 Å². The second-order valence-corrected chi connectivity index (χ2v) is 5.39. The number of hydrogen-bond donors (Lipinski definition) is 2. The minimum atomic E-state index is 0.452. The standard InChI is InChI=1S/C12H24N2S/c1-9(2)10(3)13-12(15)14-11-7-5-4-6-8-11/h9-11H,4-8H2,1-3H3,(H2,13,14,15). The van der Waals surface area contributed by atoms with Crippen LogP contribution in [0.5, 0.6) is 0 Å². The van der Waals surface area contributed by atoms with E-state index >= 15 is 0 Å². The van der Waals surface area contributed by atoms with Gasteiger partial charge in [-0.1, -0.05) is 33.1 Å². The lowest BCUT2D eigenvalue weighted by atomic mass is 9.96. The molecule has 0 aliphatic heterocycles. The van der Waals surface area contributed by atoms with Crippen molar-refractivity contribution in [2.24, 2.45) is 5.92 Å². The van der Waals surface area contributed by atoms with Gasteiger partial charge in [0.1, 0.15) is 0 Å². The minimum Gasteiger partial charge on any atom is -0.360 e. The molecule has 1 unspecified atom stereocenters. The van der Waals surface area contributed by atoms with Crippen LogP contribution in [0.2, 0.25) is 0 Å². The number of nitrogens with one attached hydrogen (secondary N) is 2. The molecule has 1 atom stereocenters. The predicted octanol–water partition coefficient (Wildman–Crippen LogP) is 2.83. The molecule has 1 saturated carbocycles. The number of thiocarbonyl (C=S) groups is 1. The highest BCUT2D eigenvalue weighted by molar-refractivity contribution is 7.80. The number of hydrogen-bond acceptors (Lipinski definition) is 1. The second kappa shape index (κ2) is 6.31. The molecule has 1 aliphatic rings. The fourth-order valence-corrected chi connectivity index (χ4v) is 2.20.